The third-order valence-electron chi connectivity index (χ3n) is 1.99. The Balaban J connectivity index is 3.28. The molecule has 1 aromatic rings. The Hall–Kier alpha value is -1.62. The summed E-state index contributed by atoms with van der Waals surface area (Å²) >= 11 is 0. The molecule has 0 spiro atoms. The van der Waals surface area contributed by atoms with Crippen molar-refractivity contribution in [1.82, 2.24) is 0 Å². The highest BCUT2D eigenvalue weighted by Gasteiger charge is 2.22. The van der Waals surface area contributed by atoms with Gasteiger partial charge >= 0.3 is 5.97 Å². The molecule has 1 aromatic carbocycles. The normalized spacial score (nSPS) is 12.3. The van der Waals surface area contributed by atoms with Crippen LogP contribution in [0.1, 0.15) is 11.7 Å². The molecule has 0 fully saturated rings. The highest BCUT2D eigenvalue weighted by molar-refractivity contribution is 5.77. The van der Waals surface area contributed by atoms with Crippen LogP contribution in [0.4, 0.5) is 10.1 Å². The van der Waals surface area contributed by atoms with Gasteiger partial charge in [-0.15, -0.1) is 0 Å². The molecule has 1 atom stereocenters. The van der Waals surface area contributed by atoms with Crippen LogP contribution < -0.4 is 4.90 Å². The highest BCUT2D eigenvalue weighted by atomic mass is 19.1. The number of halogens is 1. The van der Waals surface area contributed by atoms with Crippen LogP contribution in [-0.2, 0) is 4.79 Å². The molecule has 0 amide bonds. The van der Waals surface area contributed by atoms with Crippen molar-refractivity contribution in [3.05, 3.63) is 29.6 Å². The molecule has 15 heavy (non-hydrogen) atoms. The Morgan fingerprint density at radius 3 is 2.53 bits per heavy atom. The van der Waals surface area contributed by atoms with Gasteiger partial charge in [0.2, 0.25) is 0 Å². The van der Waals surface area contributed by atoms with Crippen LogP contribution in [0.25, 0.3) is 0 Å². The zero-order chi connectivity index (χ0) is 11.6. The zero-order valence-electron chi connectivity index (χ0n) is 8.44. The number of carbonyl (C=O) groups is 1. The van der Waals surface area contributed by atoms with Gasteiger partial charge in [0.25, 0.3) is 0 Å². The second kappa shape index (κ2) is 4.27. The third kappa shape index (κ3) is 2.24. The quantitative estimate of drug-likeness (QED) is 0.786. The van der Waals surface area contributed by atoms with E-state index < -0.39 is 17.9 Å². The van der Waals surface area contributed by atoms with Crippen LogP contribution >= 0.6 is 0 Å². The number of aliphatic carboxylic acids is 1. The molecule has 1 unspecified atom stereocenters. The lowest BCUT2D eigenvalue weighted by Gasteiger charge is -2.19. The van der Waals surface area contributed by atoms with Gasteiger partial charge in [-0.3, -0.25) is 0 Å². The maximum absolute atomic E-state index is 13.4. The Morgan fingerprint density at radius 2 is 2.07 bits per heavy atom. The number of aliphatic hydroxyl groups is 1. The Kier molecular flexibility index (Phi) is 3.26. The number of carboxylic acid groups (broad SMARTS) is 1. The molecule has 0 saturated carbocycles. The second-order valence-electron chi connectivity index (χ2n) is 3.31. The molecule has 0 aliphatic heterocycles. The van der Waals surface area contributed by atoms with Crippen molar-refractivity contribution in [1.29, 1.82) is 0 Å². The minimum Gasteiger partial charge on any atom is -0.479 e. The fraction of sp³-hybridized carbons (Fsp3) is 0.300. The first-order valence-corrected chi connectivity index (χ1v) is 4.31. The molecular weight excluding hydrogens is 201 g/mol. The minimum absolute atomic E-state index is 0.0486. The molecule has 5 heteroatoms. The summed E-state index contributed by atoms with van der Waals surface area (Å²) in [5.74, 6) is -1.96. The molecule has 0 saturated heterocycles. The number of rotatable bonds is 3. The molecular formula is C10H12FNO3. The van der Waals surface area contributed by atoms with E-state index in [2.05, 4.69) is 0 Å². The average molecular weight is 213 g/mol. The summed E-state index contributed by atoms with van der Waals surface area (Å²) in [4.78, 5) is 12.0. The molecule has 0 bridgehead atoms. The van der Waals surface area contributed by atoms with Crippen molar-refractivity contribution in [3.63, 3.8) is 0 Å². The summed E-state index contributed by atoms with van der Waals surface area (Å²) in [6.07, 6.45) is -1.71. The number of para-hydroxylation sites is 1. The molecule has 1 rings (SSSR count). The van der Waals surface area contributed by atoms with Gasteiger partial charge < -0.3 is 15.1 Å². The van der Waals surface area contributed by atoms with E-state index in [0.717, 1.165) is 0 Å². The van der Waals surface area contributed by atoms with Gasteiger partial charge in [0, 0.05) is 19.7 Å². The van der Waals surface area contributed by atoms with Gasteiger partial charge in [-0.05, 0) is 6.07 Å². The summed E-state index contributed by atoms with van der Waals surface area (Å²) in [5, 5.41) is 18.0. The van der Waals surface area contributed by atoms with E-state index in [0.29, 0.717) is 0 Å². The van der Waals surface area contributed by atoms with Crippen molar-refractivity contribution in [3.8, 4) is 0 Å². The lowest BCUT2D eigenvalue weighted by molar-refractivity contribution is -0.146. The van der Waals surface area contributed by atoms with Crippen molar-refractivity contribution in [2.24, 2.45) is 0 Å². The van der Waals surface area contributed by atoms with Crippen LogP contribution in [0.15, 0.2) is 18.2 Å². The van der Waals surface area contributed by atoms with Crippen LogP contribution in [-0.4, -0.2) is 30.3 Å². The number of aliphatic hydroxyl groups excluding tert-OH is 1. The fourth-order valence-electron chi connectivity index (χ4n) is 1.36. The van der Waals surface area contributed by atoms with E-state index in [1.807, 2.05) is 0 Å². The van der Waals surface area contributed by atoms with Gasteiger partial charge in [-0.2, -0.15) is 0 Å². The highest BCUT2D eigenvalue weighted by Crippen LogP contribution is 2.27. The summed E-state index contributed by atoms with van der Waals surface area (Å²) in [6, 6.07) is 3.97. The predicted octanol–water partition coefficient (Wildman–Crippen LogP) is 1.01. The Labute approximate surface area is 86.6 Å². The van der Waals surface area contributed by atoms with Crippen molar-refractivity contribution < 1.29 is 19.4 Å². The SMILES string of the molecule is CN(C)c1c(F)cccc1C(O)C(=O)O. The van der Waals surface area contributed by atoms with E-state index >= 15 is 0 Å². The van der Waals surface area contributed by atoms with Crippen LogP contribution in [0.5, 0.6) is 0 Å². The van der Waals surface area contributed by atoms with E-state index in [1.54, 1.807) is 14.1 Å². The van der Waals surface area contributed by atoms with Gasteiger partial charge in [0.05, 0.1) is 5.69 Å². The Bertz CT molecular complexity index is 379. The number of hydrogen-bond acceptors (Lipinski definition) is 3. The number of nitrogens with zero attached hydrogens (tertiary/aromatic N) is 1. The van der Waals surface area contributed by atoms with E-state index in [4.69, 9.17) is 5.11 Å². The monoisotopic (exact) mass is 213 g/mol. The van der Waals surface area contributed by atoms with E-state index in [9.17, 15) is 14.3 Å². The number of benzene rings is 1. The summed E-state index contributed by atoms with van der Waals surface area (Å²) in [6.45, 7) is 0. The standard InChI is InChI=1S/C10H12FNO3/c1-12(2)8-6(9(13)10(14)15)4-3-5-7(8)11/h3-5,9,13H,1-2H3,(H,14,15). The van der Waals surface area contributed by atoms with Gasteiger partial charge in [0.15, 0.2) is 6.10 Å². The maximum Gasteiger partial charge on any atom is 0.337 e. The summed E-state index contributed by atoms with van der Waals surface area (Å²) < 4.78 is 13.4. The first kappa shape index (κ1) is 11.5. The zero-order valence-corrected chi connectivity index (χ0v) is 8.44. The predicted molar refractivity (Wildman–Crippen MR) is 53.3 cm³/mol. The Morgan fingerprint density at radius 1 is 1.47 bits per heavy atom. The first-order chi connectivity index (χ1) is 6.95. The van der Waals surface area contributed by atoms with Crippen LogP contribution in [0.2, 0.25) is 0 Å². The molecule has 82 valence electrons. The van der Waals surface area contributed by atoms with Crippen LogP contribution in [0.3, 0.4) is 0 Å². The van der Waals surface area contributed by atoms with Gasteiger partial charge in [-0.1, -0.05) is 12.1 Å². The molecule has 2 N–H and O–H groups in total. The topological polar surface area (TPSA) is 60.8 Å². The molecule has 0 heterocycles. The second-order valence-corrected chi connectivity index (χ2v) is 3.31. The maximum atomic E-state index is 13.4. The van der Waals surface area contributed by atoms with Crippen LogP contribution in [0, 0.1) is 5.82 Å². The number of hydrogen-bond donors (Lipinski definition) is 2. The molecule has 0 aliphatic carbocycles. The van der Waals surface area contributed by atoms with Gasteiger partial charge in [-0.25, -0.2) is 9.18 Å². The fourth-order valence-corrected chi connectivity index (χ4v) is 1.36. The van der Waals surface area contributed by atoms with E-state index in [-0.39, 0.29) is 11.3 Å². The van der Waals surface area contributed by atoms with Gasteiger partial charge in [0.1, 0.15) is 5.82 Å². The molecule has 0 aromatic heterocycles. The van der Waals surface area contributed by atoms with Crippen molar-refractivity contribution in [2.45, 2.75) is 6.10 Å². The molecule has 0 aliphatic rings. The minimum atomic E-state index is -1.71. The molecule has 0 radical (unpaired) electrons. The smallest absolute Gasteiger partial charge is 0.337 e. The summed E-state index contributed by atoms with van der Waals surface area (Å²) in [7, 11) is 3.16. The third-order valence-corrected chi connectivity index (χ3v) is 1.99. The number of carboxylic acids is 1. The first-order valence-electron chi connectivity index (χ1n) is 4.31. The van der Waals surface area contributed by atoms with Crippen molar-refractivity contribution in [2.75, 3.05) is 19.0 Å². The lowest BCUT2D eigenvalue weighted by atomic mass is 10.1. The van der Waals surface area contributed by atoms with Crippen molar-refractivity contribution >= 4 is 11.7 Å². The number of anilines is 1. The summed E-state index contributed by atoms with van der Waals surface area (Å²) in [5.41, 5.74) is 0.139. The lowest BCUT2D eigenvalue weighted by Crippen LogP contribution is -2.18. The van der Waals surface area contributed by atoms with E-state index in [1.165, 1.54) is 23.1 Å². The molecule has 4 nitrogen and oxygen atoms in total. The average Bonchev–Trinajstić information content (AvgIpc) is 2.15. The largest absolute Gasteiger partial charge is 0.479 e.